The molecule has 0 radical (unpaired) electrons. The number of aryl methyl sites for hydroxylation is 1. The molecule has 3 aromatic heterocycles. The number of hydrogen-bond donors (Lipinski definition) is 0. The number of hydrogen-bond acceptors (Lipinski definition) is 7. The molecule has 0 spiro atoms. The maximum absolute atomic E-state index is 13.9. The third-order valence-electron chi connectivity index (χ3n) is 7.02. The van der Waals surface area contributed by atoms with E-state index >= 15 is 0 Å². The Morgan fingerprint density at radius 3 is 2.64 bits per heavy atom. The van der Waals surface area contributed by atoms with Crippen LogP contribution in [-0.2, 0) is 20.8 Å². The van der Waals surface area contributed by atoms with Gasteiger partial charge in [0.1, 0.15) is 11.9 Å². The van der Waals surface area contributed by atoms with Crippen LogP contribution in [0.4, 0.5) is 4.39 Å². The molecule has 4 heterocycles. The number of carbonyl (C=O) groups excluding carboxylic acids is 1. The van der Waals surface area contributed by atoms with Crippen molar-refractivity contribution in [2.75, 3.05) is 26.8 Å². The Labute approximate surface area is 227 Å². The molecule has 8 nitrogen and oxygen atoms in total. The first-order valence-corrected chi connectivity index (χ1v) is 13.0. The number of halogens is 1. The van der Waals surface area contributed by atoms with Gasteiger partial charge in [0.05, 0.1) is 23.7 Å². The molecule has 0 saturated carbocycles. The van der Waals surface area contributed by atoms with E-state index in [9.17, 15) is 9.18 Å². The highest BCUT2D eigenvalue weighted by atomic mass is 19.1. The molecule has 0 unspecified atom stereocenters. The molecule has 2 atom stereocenters. The van der Waals surface area contributed by atoms with Crippen molar-refractivity contribution in [1.82, 2.24) is 24.8 Å². The molecule has 0 amide bonds. The van der Waals surface area contributed by atoms with E-state index in [1.165, 1.54) is 12.3 Å². The SMILES string of the molecule is COCCN1C[C@@H](CC(=O)Cc2c(C)c(-c3ccnc(C)c3)nn2-c2ccccc2)[C@H](c2ccnc(F)c2)O1. The minimum atomic E-state index is -0.571. The van der Waals surface area contributed by atoms with Crippen LogP contribution in [0.15, 0.2) is 67.0 Å². The van der Waals surface area contributed by atoms with Gasteiger partial charge in [0.25, 0.3) is 0 Å². The van der Waals surface area contributed by atoms with Crippen molar-refractivity contribution in [3.63, 3.8) is 0 Å². The lowest BCUT2D eigenvalue weighted by Gasteiger charge is -2.17. The van der Waals surface area contributed by atoms with Gasteiger partial charge in [0.15, 0.2) is 0 Å². The van der Waals surface area contributed by atoms with E-state index in [-0.39, 0.29) is 24.5 Å². The molecular weight excluding hydrogens is 497 g/mol. The Hall–Kier alpha value is -3.79. The summed E-state index contributed by atoms with van der Waals surface area (Å²) >= 11 is 0. The molecule has 1 saturated heterocycles. The fraction of sp³-hybridized carbons (Fsp3) is 0.333. The summed E-state index contributed by atoms with van der Waals surface area (Å²) in [5, 5.41) is 6.73. The normalized spacial score (nSPS) is 17.5. The van der Waals surface area contributed by atoms with Crippen molar-refractivity contribution >= 4 is 5.78 Å². The number of aromatic nitrogens is 4. The molecule has 1 aliphatic rings. The second-order valence-electron chi connectivity index (χ2n) is 9.85. The molecule has 0 N–H and O–H groups in total. The average Bonchev–Trinajstić information content (AvgIpc) is 3.48. The Kier molecular flexibility index (Phi) is 8.21. The summed E-state index contributed by atoms with van der Waals surface area (Å²) in [6.07, 6.45) is 3.24. The van der Waals surface area contributed by atoms with Gasteiger partial charge in [-0.15, -0.1) is 0 Å². The van der Waals surface area contributed by atoms with E-state index in [0.29, 0.717) is 25.3 Å². The highest BCUT2D eigenvalue weighted by Crippen LogP contribution is 2.37. The summed E-state index contributed by atoms with van der Waals surface area (Å²) < 4.78 is 21.0. The summed E-state index contributed by atoms with van der Waals surface area (Å²) in [4.78, 5) is 27.8. The molecule has 0 bridgehead atoms. The third-order valence-corrected chi connectivity index (χ3v) is 7.02. The van der Waals surface area contributed by atoms with Crippen LogP contribution in [0.5, 0.6) is 0 Å². The second kappa shape index (κ2) is 11.9. The predicted molar refractivity (Wildman–Crippen MR) is 145 cm³/mol. The Morgan fingerprint density at radius 1 is 1.10 bits per heavy atom. The summed E-state index contributed by atoms with van der Waals surface area (Å²) in [6.45, 7) is 5.54. The number of methoxy groups -OCH3 is 1. The number of rotatable bonds is 10. The lowest BCUT2D eigenvalue weighted by atomic mass is 9.91. The molecule has 9 heteroatoms. The molecule has 202 valence electrons. The number of pyridine rings is 2. The number of Topliss-reactive ketones (excluding diaryl/α,β-unsaturated/α-hetero) is 1. The minimum absolute atomic E-state index is 0.0642. The third kappa shape index (κ3) is 6.11. The molecule has 1 aromatic carbocycles. The number of para-hydroxylation sites is 1. The number of benzene rings is 1. The summed E-state index contributed by atoms with van der Waals surface area (Å²) in [5.74, 6) is -0.654. The van der Waals surface area contributed by atoms with Crippen molar-refractivity contribution in [3.05, 3.63) is 95.5 Å². The molecule has 39 heavy (non-hydrogen) atoms. The van der Waals surface area contributed by atoms with E-state index in [4.69, 9.17) is 14.7 Å². The lowest BCUT2D eigenvalue weighted by molar-refractivity contribution is -0.155. The van der Waals surface area contributed by atoms with Crippen LogP contribution < -0.4 is 0 Å². The van der Waals surface area contributed by atoms with Gasteiger partial charge in [-0.3, -0.25) is 14.6 Å². The molecule has 1 fully saturated rings. The van der Waals surface area contributed by atoms with Crippen LogP contribution in [-0.4, -0.2) is 57.4 Å². The topological polar surface area (TPSA) is 82.4 Å². The standard InChI is InChI=1S/C30H32FN5O3/c1-20-15-22(9-11-32-20)29-21(2)27(36(34-29)25-7-5-4-6-8-25)18-26(37)16-24-19-35(13-14-38-3)39-30(24)23-10-12-33-28(31)17-23/h4-12,15,17,24,30H,13-14,16,18-19H2,1-3H3/t24-,30+/m1/s1. The van der Waals surface area contributed by atoms with E-state index in [1.54, 1.807) is 24.4 Å². The van der Waals surface area contributed by atoms with Gasteiger partial charge in [0.2, 0.25) is 5.95 Å². The van der Waals surface area contributed by atoms with Gasteiger partial charge in [-0.05, 0) is 61.4 Å². The van der Waals surface area contributed by atoms with E-state index in [2.05, 4.69) is 9.97 Å². The number of ketones is 1. The van der Waals surface area contributed by atoms with Gasteiger partial charge in [-0.1, -0.05) is 18.2 Å². The first-order chi connectivity index (χ1) is 18.9. The van der Waals surface area contributed by atoms with Crippen LogP contribution in [0.1, 0.15) is 35.0 Å². The number of hydroxylamine groups is 2. The first-order valence-electron chi connectivity index (χ1n) is 13.0. The van der Waals surface area contributed by atoms with Crippen LogP contribution >= 0.6 is 0 Å². The van der Waals surface area contributed by atoms with Gasteiger partial charge in [-0.25, -0.2) is 9.67 Å². The van der Waals surface area contributed by atoms with E-state index < -0.39 is 12.1 Å². The van der Waals surface area contributed by atoms with Crippen molar-refractivity contribution in [2.45, 2.75) is 32.8 Å². The molecule has 0 aliphatic carbocycles. The van der Waals surface area contributed by atoms with Crippen LogP contribution in [0.2, 0.25) is 0 Å². The minimum Gasteiger partial charge on any atom is -0.383 e. The summed E-state index contributed by atoms with van der Waals surface area (Å²) in [5.41, 5.74) is 6.04. The number of nitrogens with zero attached hydrogens (tertiary/aromatic N) is 5. The molecule has 5 rings (SSSR count). The number of ether oxygens (including phenoxy) is 1. The smallest absolute Gasteiger partial charge is 0.213 e. The van der Waals surface area contributed by atoms with E-state index in [0.717, 1.165) is 33.9 Å². The van der Waals surface area contributed by atoms with Crippen LogP contribution in [0.3, 0.4) is 0 Å². The summed E-state index contributed by atoms with van der Waals surface area (Å²) in [7, 11) is 1.63. The fourth-order valence-electron chi connectivity index (χ4n) is 5.12. The van der Waals surface area contributed by atoms with Crippen molar-refractivity contribution < 1.29 is 18.8 Å². The lowest BCUT2D eigenvalue weighted by Crippen LogP contribution is -2.24. The second-order valence-corrected chi connectivity index (χ2v) is 9.85. The largest absolute Gasteiger partial charge is 0.383 e. The molecule has 1 aliphatic heterocycles. The zero-order chi connectivity index (χ0) is 27.4. The monoisotopic (exact) mass is 529 g/mol. The van der Waals surface area contributed by atoms with Gasteiger partial charge in [-0.2, -0.15) is 14.6 Å². The van der Waals surface area contributed by atoms with Crippen molar-refractivity contribution in [2.24, 2.45) is 5.92 Å². The van der Waals surface area contributed by atoms with Crippen molar-refractivity contribution in [3.8, 4) is 16.9 Å². The highest BCUT2D eigenvalue weighted by molar-refractivity contribution is 5.82. The Morgan fingerprint density at radius 2 is 1.90 bits per heavy atom. The molecule has 4 aromatic rings. The quantitative estimate of drug-likeness (QED) is 0.272. The average molecular weight is 530 g/mol. The number of carbonyl (C=O) groups is 1. The zero-order valence-electron chi connectivity index (χ0n) is 22.4. The first kappa shape index (κ1) is 26.8. The highest BCUT2D eigenvalue weighted by Gasteiger charge is 2.37. The Bertz CT molecular complexity index is 1440. The van der Waals surface area contributed by atoms with Gasteiger partial charge < -0.3 is 4.74 Å². The van der Waals surface area contributed by atoms with Crippen molar-refractivity contribution in [1.29, 1.82) is 0 Å². The zero-order valence-corrected chi connectivity index (χ0v) is 22.4. The van der Waals surface area contributed by atoms with Gasteiger partial charge in [0, 0.05) is 62.6 Å². The van der Waals surface area contributed by atoms with Crippen LogP contribution in [0, 0.1) is 25.7 Å². The van der Waals surface area contributed by atoms with Gasteiger partial charge >= 0.3 is 0 Å². The maximum atomic E-state index is 13.9. The Balaban J connectivity index is 1.43. The van der Waals surface area contributed by atoms with E-state index in [1.807, 2.05) is 61.0 Å². The van der Waals surface area contributed by atoms with Crippen LogP contribution in [0.25, 0.3) is 16.9 Å². The molecular formula is C30H32FN5O3. The summed E-state index contributed by atoms with van der Waals surface area (Å²) in [6, 6.07) is 16.9. The maximum Gasteiger partial charge on any atom is 0.213 e. The fourth-order valence-corrected chi connectivity index (χ4v) is 5.12. The predicted octanol–water partition coefficient (Wildman–Crippen LogP) is 4.84.